The first-order valence-electron chi connectivity index (χ1n) is 11.0. The van der Waals surface area contributed by atoms with E-state index in [0.717, 1.165) is 13.1 Å². The molecule has 1 unspecified atom stereocenters. The van der Waals surface area contributed by atoms with Gasteiger partial charge in [-0.2, -0.15) is 0 Å². The Morgan fingerprint density at radius 2 is 1.88 bits per heavy atom. The molecule has 0 saturated carbocycles. The summed E-state index contributed by atoms with van der Waals surface area (Å²) in [6, 6.07) is 9.29. The molecular weight excluding hydrogens is 422 g/mol. The van der Waals surface area contributed by atoms with E-state index in [2.05, 4.69) is 11.6 Å². The van der Waals surface area contributed by atoms with Crippen molar-refractivity contribution in [2.45, 2.75) is 6.04 Å². The van der Waals surface area contributed by atoms with Gasteiger partial charge in [-0.15, -0.1) is 0 Å². The molecule has 1 N–H and O–H groups in total. The number of hydrogen-bond donors (Lipinski definition) is 1. The summed E-state index contributed by atoms with van der Waals surface area (Å²) >= 11 is 0. The number of hydrogen-bond acceptors (Lipinski definition) is 6. The second-order valence-corrected chi connectivity index (χ2v) is 7.99. The second-order valence-electron chi connectivity index (χ2n) is 7.99. The summed E-state index contributed by atoms with van der Waals surface area (Å²) < 4.78 is 10.9. The van der Waals surface area contributed by atoms with E-state index in [1.165, 1.54) is 9.80 Å². The first-order chi connectivity index (χ1) is 16.1. The summed E-state index contributed by atoms with van der Waals surface area (Å²) in [5, 5.41) is 13.4. The lowest BCUT2D eigenvalue weighted by atomic mass is 9.96. The van der Waals surface area contributed by atoms with E-state index in [1.54, 1.807) is 54.9 Å². The average molecular weight is 450 g/mol. The zero-order chi connectivity index (χ0) is 23.2. The Labute approximate surface area is 192 Å². The normalized spacial score (nSPS) is 20.7. The number of amides is 1. The maximum absolute atomic E-state index is 13.4. The van der Waals surface area contributed by atoms with Gasteiger partial charge in [-0.05, 0) is 35.4 Å². The number of pyridine rings is 1. The van der Waals surface area contributed by atoms with E-state index < -0.39 is 23.5 Å². The number of rotatable bonds is 8. The van der Waals surface area contributed by atoms with Crippen LogP contribution in [0.1, 0.15) is 17.2 Å². The Hall–Kier alpha value is -3.49. The zero-order valence-corrected chi connectivity index (χ0v) is 18.4. The molecule has 2 fully saturated rings. The molecule has 0 radical (unpaired) electrons. The topological polar surface area (TPSA) is 96.2 Å². The number of morpholine rings is 1. The van der Waals surface area contributed by atoms with Crippen molar-refractivity contribution in [1.82, 2.24) is 9.88 Å². The Bertz CT molecular complexity index is 1030. The van der Waals surface area contributed by atoms with Crippen LogP contribution in [0.4, 0.5) is 0 Å². The summed E-state index contributed by atoms with van der Waals surface area (Å²) in [5.74, 6) is -1.25. The molecule has 3 heterocycles. The van der Waals surface area contributed by atoms with Crippen LogP contribution in [0.2, 0.25) is 0 Å². The Morgan fingerprint density at radius 3 is 2.55 bits per heavy atom. The highest BCUT2D eigenvalue weighted by Gasteiger charge is 2.44. The van der Waals surface area contributed by atoms with Gasteiger partial charge in [-0.1, -0.05) is 30.5 Å². The van der Waals surface area contributed by atoms with Gasteiger partial charge >= 0.3 is 0 Å². The monoisotopic (exact) mass is 449 g/mol. The van der Waals surface area contributed by atoms with Crippen LogP contribution < -0.4 is 14.7 Å². The summed E-state index contributed by atoms with van der Waals surface area (Å²) in [5.41, 5.74) is 0.996. The van der Waals surface area contributed by atoms with Crippen LogP contribution >= 0.6 is 0 Å². The molecule has 1 amide bonds. The quantitative estimate of drug-likeness (QED) is 0.259. The third kappa shape index (κ3) is 4.97. The SMILES string of the molecule is C=CCOc1ccc(/C([O-])=C2\C(=O)C(=O)N(CC[NH+]3CCOCC3)C2c2ccncc2)cc1. The van der Waals surface area contributed by atoms with Crippen molar-refractivity contribution in [1.29, 1.82) is 0 Å². The van der Waals surface area contributed by atoms with Crippen LogP contribution in [0.25, 0.3) is 5.76 Å². The number of aromatic nitrogens is 1. The van der Waals surface area contributed by atoms with Crippen LogP contribution in [0.3, 0.4) is 0 Å². The molecule has 2 aliphatic rings. The fraction of sp³-hybridized carbons (Fsp3) is 0.320. The Morgan fingerprint density at radius 1 is 1.18 bits per heavy atom. The number of ketones is 1. The van der Waals surface area contributed by atoms with Gasteiger partial charge in [0.15, 0.2) is 0 Å². The Balaban J connectivity index is 1.66. The van der Waals surface area contributed by atoms with E-state index in [9.17, 15) is 14.7 Å². The first-order valence-corrected chi connectivity index (χ1v) is 11.0. The van der Waals surface area contributed by atoms with E-state index in [4.69, 9.17) is 9.47 Å². The third-order valence-corrected chi connectivity index (χ3v) is 5.94. The molecular formula is C25H27N3O5. The minimum Gasteiger partial charge on any atom is -0.872 e. The lowest BCUT2D eigenvalue weighted by Gasteiger charge is -2.30. The van der Waals surface area contributed by atoms with Gasteiger partial charge in [0.2, 0.25) is 5.78 Å². The smallest absolute Gasteiger partial charge is 0.295 e. The van der Waals surface area contributed by atoms with Crippen molar-refractivity contribution >= 4 is 17.4 Å². The summed E-state index contributed by atoms with van der Waals surface area (Å²) in [6.45, 7) is 8.08. The molecule has 0 spiro atoms. The van der Waals surface area contributed by atoms with E-state index in [-0.39, 0.29) is 5.57 Å². The van der Waals surface area contributed by atoms with Crippen molar-refractivity contribution in [3.63, 3.8) is 0 Å². The molecule has 4 rings (SSSR count). The van der Waals surface area contributed by atoms with Crippen molar-refractivity contribution in [3.8, 4) is 5.75 Å². The van der Waals surface area contributed by atoms with Crippen molar-refractivity contribution in [3.05, 3.63) is 78.1 Å². The van der Waals surface area contributed by atoms with Crippen molar-refractivity contribution < 1.29 is 29.1 Å². The first kappa shape index (κ1) is 22.7. The number of quaternary nitrogens is 1. The zero-order valence-electron chi connectivity index (χ0n) is 18.4. The summed E-state index contributed by atoms with van der Waals surface area (Å²) in [4.78, 5) is 32.9. The standard InChI is InChI=1S/C25H27N3O5/c1-2-15-33-20-5-3-19(4-6-20)23(29)21-22(18-7-9-26-10-8-18)28(25(31)24(21)30)12-11-27-13-16-32-17-14-27/h2-10,22,29H,1,11-17H2/b23-21+. The van der Waals surface area contributed by atoms with Gasteiger partial charge in [0.1, 0.15) is 25.4 Å². The maximum atomic E-state index is 13.4. The van der Waals surface area contributed by atoms with Crippen molar-refractivity contribution in [2.24, 2.45) is 0 Å². The third-order valence-electron chi connectivity index (χ3n) is 5.94. The molecule has 2 aliphatic heterocycles. The predicted molar refractivity (Wildman–Crippen MR) is 119 cm³/mol. The van der Waals surface area contributed by atoms with Gasteiger partial charge < -0.3 is 24.4 Å². The van der Waals surface area contributed by atoms with Crippen LogP contribution in [-0.2, 0) is 14.3 Å². The molecule has 0 aliphatic carbocycles. The lowest BCUT2D eigenvalue weighted by molar-refractivity contribution is -0.907. The maximum Gasteiger partial charge on any atom is 0.295 e. The highest BCUT2D eigenvalue weighted by atomic mass is 16.5. The number of nitrogens with zero attached hydrogens (tertiary/aromatic N) is 2. The minimum absolute atomic E-state index is 0.0251. The van der Waals surface area contributed by atoms with Gasteiger partial charge in [-0.25, -0.2) is 0 Å². The molecule has 1 aromatic carbocycles. The molecule has 1 atom stereocenters. The summed E-state index contributed by atoms with van der Waals surface area (Å²) in [6.07, 6.45) is 4.83. The van der Waals surface area contributed by atoms with E-state index in [1.807, 2.05) is 0 Å². The highest BCUT2D eigenvalue weighted by Crippen LogP contribution is 2.38. The van der Waals surface area contributed by atoms with Crippen LogP contribution in [0, 0.1) is 0 Å². The van der Waals surface area contributed by atoms with E-state index >= 15 is 0 Å². The fourth-order valence-electron chi connectivity index (χ4n) is 4.20. The molecule has 2 saturated heterocycles. The average Bonchev–Trinajstić information content (AvgIpc) is 3.12. The molecule has 2 aromatic rings. The molecule has 33 heavy (non-hydrogen) atoms. The van der Waals surface area contributed by atoms with Crippen LogP contribution in [-0.4, -0.2) is 67.6 Å². The van der Waals surface area contributed by atoms with Gasteiger partial charge in [0.05, 0.1) is 32.3 Å². The second kappa shape index (κ2) is 10.4. The number of likely N-dealkylation sites (tertiary alicyclic amines) is 1. The fourth-order valence-corrected chi connectivity index (χ4v) is 4.20. The van der Waals surface area contributed by atoms with Gasteiger partial charge in [0, 0.05) is 18.0 Å². The minimum atomic E-state index is -0.745. The number of ether oxygens (including phenoxy) is 2. The number of nitrogens with one attached hydrogen (secondary N) is 1. The largest absolute Gasteiger partial charge is 0.872 e. The number of Topliss-reactive ketones (excluding diaryl/α,β-unsaturated/α-hetero) is 1. The molecule has 1 aromatic heterocycles. The number of benzene rings is 1. The van der Waals surface area contributed by atoms with E-state index in [0.29, 0.717) is 49.8 Å². The summed E-state index contributed by atoms with van der Waals surface area (Å²) in [7, 11) is 0. The highest BCUT2D eigenvalue weighted by molar-refractivity contribution is 6.46. The number of carbonyl (C=O) groups is 2. The molecule has 8 heteroatoms. The van der Waals surface area contributed by atoms with Crippen LogP contribution in [0.15, 0.2) is 67.0 Å². The predicted octanol–water partition coefficient (Wildman–Crippen LogP) is -0.214. The van der Waals surface area contributed by atoms with Gasteiger partial charge in [0.25, 0.3) is 5.91 Å². The van der Waals surface area contributed by atoms with Crippen molar-refractivity contribution in [2.75, 3.05) is 46.0 Å². The number of carbonyl (C=O) groups excluding carboxylic acids is 2. The van der Waals surface area contributed by atoms with Crippen LogP contribution in [0.5, 0.6) is 5.75 Å². The molecule has 172 valence electrons. The Kier molecular flexibility index (Phi) is 7.16. The molecule has 0 bridgehead atoms. The van der Waals surface area contributed by atoms with Gasteiger partial charge in [-0.3, -0.25) is 14.6 Å². The lowest BCUT2D eigenvalue weighted by Crippen LogP contribution is -3.14. The molecule has 8 nitrogen and oxygen atoms in total.